The lowest BCUT2D eigenvalue weighted by Gasteiger charge is -2.37. The Morgan fingerprint density at radius 2 is 1.67 bits per heavy atom. The predicted octanol–water partition coefficient (Wildman–Crippen LogP) is 2.29. The number of nitrogens with zero attached hydrogens (tertiary/aromatic N) is 4. The van der Waals surface area contributed by atoms with Gasteiger partial charge >= 0.3 is 0 Å². The molecule has 2 heterocycles. The maximum absolute atomic E-state index is 13.0. The Morgan fingerprint density at radius 1 is 1.00 bits per heavy atom. The molecule has 0 radical (unpaired) electrons. The van der Waals surface area contributed by atoms with E-state index in [2.05, 4.69) is 4.90 Å². The van der Waals surface area contributed by atoms with E-state index in [4.69, 9.17) is 0 Å². The van der Waals surface area contributed by atoms with Crippen molar-refractivity contribution in [1.29, 1.82) is 0 Å². The number of nitro groups is 1. The van der Waals surface area contributed by atoms with Crippen LogP contribution in [0.2, 0.25) is 0 Å². The summed E-state index contributed by atoms with van der Waals surface area (Å²) in [5, 5.41) is 10.8. The van der Waals surface area contributed by atoms with Crippen molar-refractivity contribution in [2.75, 3.05) is 37.6 Å². The van der Waals surface area contributed by atoms with Crippen LogP contribution in [0.3, 0.4) is 0 Å². The highest BCUT2D eigenvalue weighted by molar-refractivity contribution is 5.89. The first-order valence-corrected chi connectivity index (χ1v) is 10.1. The second-order valence-corrected chi connectivity index (χ2v) is 7.75. The molecule has 2 aliphatic rings. The first kappa shape index (κ1) is 19.9. The third-order valence-electron chi connectivity index (χ3n) is 5.80. The molecule has 1 atom stereocenters. The molecule has 0 bridgehead atoms. The average Bonchev–Trinajstić information content (AvgIpc) is 3.14. The Labute approximate surface area is 174 Å². The van der Waals surface area contributed by atoms with E-state index < -0.39 is 4.92 Å². The molecular formula is C22H24N4O4. The van der Waals surface area contributed by atoms with Crippen LogP contribution in [-0.4, -0.2) is 59.3 Å². The van der Waals surface area contributed by atoms with Crippen LogP contribution in [0.15, 0.2) is 54.6 Å². The van der Waals surface area contributed by atoms with Gasteiger partial charge in [0.05, 0.1) is 10.8 Å². The largest absolute Gasteiger partial charge is 0.368 e. The number of carbonyl (C=O) groups is 2. The summed E-state index contributed by atoms with van der Waals surface area (Å²) >= 11 is 0. The van der Waals surface area contributed by atoms with Crippen LogP contribution in [0.25, 0.3) is 0 Å². The van der Waals surface area contributed by atoms with Crippen molar-refractivity contribution in [3.8, 4) is 0 Å². The van der Waals surface area contributed by atoms with E-state index in [0.29, 0.717) is 39.3 Å². The molecule has 0 unspecified atom stereocenters. The van der Waals surface area contributed by atoms with E-state index >= 15 is 0 Å². The number of benzene rings is 2. The number of hydrogen-bond donors (Lipinski definition) is 0. The Kier molecular flexibility index (Phi) is 5.65. The zero-order valence-corrected chi connectivity index (χ0v) is 16.6. The van der Waals surface area contributed by atoms with Crippen molar-refractivity contribution in [2.45, 2.75) is 13.0 Å². The van der Waals surface area contributed by atoms with Crippen molar-refractivity contribution in [3.63, 3.8) is 0 Å². The van der Waals surface area contributed by atoms with Gasteiger partial charge in [0.1, 0.15) is 0 Å². The van der Waals surface area contributed by atoms with E-state index in [0.717, 1.165) is 11.3 Å². The van der Waals surface area contributed by atoms with Gasteiger partial charge in [-0.15, -0.1) is 0 Å². The van der Waals surface area contributed by atoms with Crippen LogP contribution in [0, 0.1) is 16.0 Å². The van der Waals surface area contributed by atoms with Crippen molar-refractivity contribution >= 4 is 23.2 Å². The average molecular weight is 408 g/mol. The maximum Gasteiger partial charge on any atom is 0.269 e. The Morgan fingerprint density at radius 3 is 2.30 bits per heavy atom. The summed E-state index contributed by atoms with van der Waals surface area (Å²) in [6.07, 6.45) is 0.272. The SMILES string of the molecule is O=C1C[C@@H](C(=O)N2CCN(c3ccc([N+](=O)[O-])cc3)CC2)CN1Cc1ccccc1. The van der Waals surface area contributed by atoms with Crippen LogP contribution in [0.4, 0.5) is 11.4 Å². The van der Waals surface area contributed by atoms with Crippen molar-refractivity contribution in [2.24, 2.45) is 5.92 Å². The summed E-state index contributed by atoms with van der Waals surface area (Å²) in [5.41, 5.74) is 2.05. The lowest BCUT2D eigenvalue weighted by Crippen LogP contribution is -2.50. The van der Waals surface area contributed by atoms with Crippen LogP contribution >= 0.6 is 0 Å². The molecule has 8 nitrogen and oxygen atoms in total. The van der Waals surface area contributed by atoms with E-state index in [1.165, 1.54) is 12.1 Å². The molecule has 2 aromatic rings. The Hall–Kier alpha value is -3.42. The maximum atomic E-state index is 13.0. The highest BCUT2D eigenvalue weighted by Gasteiger charge is 2.37. The normalized spacial score (nSPS) is 19.3. The zero-order valence-electron chi connectivity index (χ0n) is 16.6. The molecular weight excluding hydrogens is 384 g/mol. The van der Waals surface area contributed by atoms with E-state index in [-0.39, 0.29) is 29.8 Å². The monoisotopic (exact) mass is 408 g/mol. The highest BCUT2D eigenvalue weighted by atomic mass is 16.6. The number of non-ortho nitro benzene ring substituents is 1. The minimum absolute atomic E-state index is 0.0294. The third-order valence-corrected chi connectivity index (χ3v) is 5.80. The first-order valence-electron chi connectivity index (χ1n) is 10.1. The summed E-state index contributed by atoms with van der Waals surface area (Å²) in [6.45, 7) is 3.50. The van der Waals surface area contributed by atoms with Gasteiger partial charge in [0, 0.05) is 63.5 Å². The quantitative estimate of drug-likeness (QED) is 0.560. The fraction of sp³-hybridized carbons (Fsp3) is 0.364. The molecule has 2 amide bonds. The standard InChI is InChI=1S/C22H24N4O4/c27-21-14-18(16-25(21)15-17-4-2-1-3-5-17)22(28)24-12-10-23(11-13-24)19-6-8-20(9-7-19)26(29)30/h1-9,18H,10-16H2/t18-/m1/s1. The Bertz CT molecular complexity index is 924. The number of hydrogen-bond acceptors (Lipinski definition) is 5. The van der Waals surface area contributed by atoms with E-state index in [1.54, 1.807) is 17.0 Å². The van der Waals surface area contributed by atoms with Gasteiger partial charge in [-0.25, -0.2) is 0 Å². The molecule has 30 heavy (non-hydrogen) atoms. The molecule has 2 fully saturated rings. The molecule has 0 aromatic heterocycles. The number of carbonyl (C=O) groups excluding carboxylic acids is 2. The molecule has 2 saturated heterocycles. The van der Waals surface area contributed by atoms with Gasteiger partial charge in [0.15, 0.2) is 0 Å². The van der Waals surface area contributed by atoms with Crippen molar-refractivity contribution in [1.82, 2.24) is 9.80 Å². The van der Waals surface area contributed by atoms with Gasteiger partial charge in [-0.1, -0.05) is 30.3 Å². The smallest absolute Gasteiger partial charge is 0.269 e. The number of likely N-dealkylation sites (tertiary alicyclic amines) is 1. The zero-order chi connectivity index (χ0) is 21.1. The number of amides is 2. The number of rotatable bonds is 5. The van der Waals surface area contributed by atoms with Crippen LogP contribution in [-0.2, 0) is 16.1 Å². The van der Waals surface area contributed by atoms with Crippen molar-refractivity contribution < 1.29 is 14.5 Å². The predicted molar refractivity (Wildman–Crippen MR) is 112 cm³/mol. The summed E-state index contributed by atoms with van der Waals surface area (Å²) in [7, 11) is 0. The lowest BCUT2D eigenvalue weighted by molar-refractivity contribution is -0.384. The second kappa shape index (κ2) is 8.52. The van der Waals surface area contributed by atoms with E-state index in [9.17, 15) is 19.7 Å². The van der Waals surface area contributed by atoms with Crippen LogP contribution in [0.5, 0.6) is 0 Å². The molecule has 0 aliphatic carbocycles. The minimum Gasteiger partial charge on any atom is -0.368 e. The summed E-state index contributed by atoms with van der Waals surface area (Å²) in [4.78, 5) is 41.5. The summed E-state index contributed by atoms with van der Waals surface area (Å²) in [5.74, 6) is -0.212. The van der Waals surface area contributed by atoms with Crippen LogP contribution < -0.4 is 4.90 Å². The van der Waals surface area contributed by atoms with Gasteiger partial charge in [-0.3, -0.25) is 19.7 Å². The first-order chi connectivity index (χ1) is 14.5. The fourth-order valence-corrected chi connectivity index (χ4v) is 4.12. The van der Waals surface area contributed by atoms with Gasteiger partial charge in [-0.2, -0.15) is 0 Å². The molecule has 2 aromatic carbocycles. The molecule has 0 saturated carbocycles. The topological polar surface area (TPSA) is 87.0 Å². The molecule has 8 heteroatoms. The van der Waals surface area contributed by atoms with Gasteiger partial charge < -0.3 is 14.7 Å². The van der Waals surface area contributed by atoms with Gasteiger partial charge in [0.25, 0.3) is 5.69 Å². The van der Waals surface area contributed by atoms with Gasteiger partial charge in [0.2, 0.25) is 11.8 Å². The molecule has 156 valence electrons. The number of nitro benzene ring substituents is 1. The van der Waals surface area contributed by atoms with Crippen LogP contribution in [0.1, 0.15) is 12.0 Å². The van der Waals surface area contributed by atoms with Crippen molar-refractivity contribution in [3.05, 3.63) is 70.3 Å². The highest BCUT2D eigenvalue weighted by Crippen LogP contribution is 2.24. The molecule has 4 rings (SSSR count). The lowest BCUT2D eigenvalue weighted by atomic mass is 10.1. The fourth-order valence-electron chi connectivity index (χ4n) is 4.12. The second-order valence-electron chi connectivity index (χ2n) is 7.75. The van der Waals surface area contributed by atoms with E-state index in [1.807, 2.05) is 35.2 Å². The van der Waals surface area contributed by atoms with Gasteiger partial charge in [-0.05, 0) is 17.7 Å². The molecule has 0 spiro atoms. The minimum atomic E-state index is -0.412. The number of anilines is 1. The Balaban J connectivity index is 1.31. The molecule has 0 N–H and O–H groups in total. The molecule has 2 aliphatic heterocycles. The summed E-state index contributed by atoms with van der Waals surface area (Å²) in [6, 6.07) is 16.3. The third kappa shape index (κ3) is 4.27. The summed E-state index contributed by atoms with van der Waals surface area (Å²) < 4.78 is 0. The number of piperazine rings is 1.